The van der Waals surface area contributed by atoms with Gasteiger partial charge in [-0.05, 0) is 109 Å². The van der Waals surface area contributed by atoms with Gasteiger partial charge in [0.05, 0.1) is 31.5 Å². The molecule has 1 saturated heterocycles. The lowest BCUT2D eigenvalue weighted by atomic mass is 9.55. The summed E-state index contributed by atoms with van der Waals surface area (Å²) in [5.41, 5.74) is 3.91. The smallest absolute Gasteiger partial charge is 0.239 e. The number of nitrogens with zero attached hydrogens (tertiary/aromatic N) is 2. The summed E-state index contributed by atoms with van der Waals surface area (Å²) in [5.74, 6) is 0.612. The normalized spacial score (nSPS) is 23.6. The van der Waals surface area contributed by atoms with Gasteiger partial charge in [-0.2, -0.15) is 0 Å². The average Bonchev–Trinajstić information content (AvgIpc) is 3.46. The molecule has 0 aromatic heterocycles. The molecule has 74 heavy (non-hydrogen) atoms. The van der Waals surface area contributed by atoms with Crippen LogP contribution in [0.4, 0.5) is 0 Å². The minimum Gasteiger partial charge on any atom is -0.493 e. The lowest BCUT2D eigenvalue weighted by Crippen LogP contribution is -2.70. The van der Waals surface area contributed by atoms with Crippen molar-refractivity contribution in [2.24, 2.45) is 22.9 Å². The number of oxime groups is 1. The number of thioether (sulfide) groups is 1. The number of ether oxygens (including phenoxy) is 4. The number of rotatable bonds is 31. The van der Waals surface area contributed by atoms with Crippen LogP contribution in [0.15, 0.2) is 125 Å². The molecule has 4 aromatic carbocycles. The minimum atomic E-state index is -1.36. The first-order chi connectivity index (χ1) is 36.5. The molecule has 7 atom stereocenters. The number of aliphatic hydroxyl groups excluding tert-OH is 2. The van der Waals surface area contributed by atoms with Crippen molar-refractivity contribution in [3.05, 3.63) is 126 Å². The van der Waals surface area contributed by atoms with E-state index in [2.05, 4.69) is 103 Å². The molecule has 0 spiro atoms. The summed E-state index contributed by atoms with van der Waals surface area (Å²) >= 11 is 1.77. The van der Waals surface area contributed by atoms with Gasteiger partial charge in [0.15, 0.2) is 0 Å². The van der Waals surface area contributed by atoms with E-state index in [-0.39, 0.29) is 43.5 Å². The van der Waals surface area contributed by atoms with Gasteiger partial charge < -0.3 is 38.9 Å². The van der Waals surface area contributed by atoms with E-state index < -0.39 is 24.0 Å². The van der Waals surface area contributed by atoms with Gasteiger partial charge in [-0.1, -0.05) is 149 Å². The zero-order valence-corrected chi connectivity index (χ0v) is 45.0. The van der Waals surface area contributed by atoms with Gasteiger partial charge in [0.1, 0.15) is 17.5 Å². The van der Waals surface area contributed by atoms with Gasteiger partial charge in [0, 0.05) is 61.2 Å². The number of hydrogen-bond acceptors (Lipinski definition) is 10. The largest absolute Gasteiger partial charge is 0.493 e. The number of hydrogen-bond donors (Lipinski definition) is 2. The Balaban J connectivity index is 1.25. The zero-order valence-electron chi connectivity index (χ0n) is 44.2. The fourth-order valence-electron chi connectivity index (χ4n) is 12.2. The molecule has 11 heteroatoms. The standard InChI is InChI=1S/C63H84N2O8S/c1-3-5-6-7-8-9-10-11-15-33-59(68)65(46-49-28-24-27-47-25-16-17-31-52(47)49)58-45-56(64-73-60-34-20-23-40-70-60)54-43-48(26-18-21-37-66)53(32-19-22-38-67)61-55-44-50(69-41-42-74-51-29-13-12-14-30-51)35-36-57(55)72-63(58,62(54)61)71-39-4-2/h4,12-14,16-17,24-25,27-31,35-36,43-44,48,53,58,60-62,66-67H,2-3,5-11,15,18-23,26,32-34,37-42,45-46H2,1H3. The van der Waals surface area contributed by atoms with Gasteiger partial charge in [-0.3, -0.25) is 4.79 Å². The van der Waals surface area contributed by atoms with Crippen LogP contribution < -0.4 is 9.47 Å². The third-order valence-corrected chi connectivity index (χ3v) is 16.8. The van der Waals surface area contributed by atoms with Crippen LogP contribution in [0.2, 0.25) is 0 Å². The summed E-state index contributed by atoms with van der Waals surface area (Å²) < 4.78 is 27.8. The van der Waals surface area contributed by atoms with E-state index >= 15 is 4.79 Å². The third-order valence-electron chi connectivity index (χ3n) is 15.8. The Kier molecular flexibility index (Phi) is 21.8. The Morgan fingerprint density at radius 2 is 1.62 bits per heavy atom. The predicted octanol–water partition coefficient (Wildman–Crippen LogP) is 14.1. The third kappa shape index (κ3) is 14.2. The molecule has 2 N–H and O–H groups in total. The van der Waals surface area contributed by atoms with Gasteiger partial charge in [-0.15, -0.1) is 18.3 Å². The monoisotopic (exact) mass is 1030 g/mol. The quantitative estimate of drug-likeness (QED) is 0.0220. The highest BCUT2D eigenvalue weighted by molar-refractivity contribution is 7.99. The number of benzene rings is 4. The molecule has 2 heterocycles. The van der Waals surface area contributed by atoms with E-state index in [4.69, 9.17) is 28.9 Å². The predicted molar refractivity (Wildman–Crippen MR) is 299 cm³/mol. The summed E-state index contributed by atoms with van der Waals surface area (Å²) in [5, 5.41) is 27.6. The first-order valence-corrected chi connectivity index (χ1v) is 29.4. The number of amides is 1. The van der Waals surface area contributed by atoms with Crippen LogP contribution in [0, 0.1) is 17.8 Å². The highest BCUT2D eigenvalue weighted by atomic mass is 32.2. The molecular formula is C63H84N2O8S. The maximum absolute atomic E-state index is 15.6. The van der Waals surface area contributed by atoms with Crippen molar-refractivity contribution in [3.63, 3.8) is 0 Å². The molecule has 0 radical (unpaired) electrons. The fourth-order valence-corrected chi connectivity index (χ4v) is 13.0. The second-order valence-electron chi connectivity index (χ2n) is 20.9. The van der Waals surface area contributed by atoms with Gasteiger partial charge in [0.25, 0.3) is 0 Å². The summed E-state index contributed by atoms with van der Waals surface area (Å²) in [6, 6.07) is 30.8. The van der Waals surface area contributed by atoms with Crippen molar-refractivity contribution < 1.29 is 38.8 Å². The molecule has 2 aliphatic carbocycles. The van der Waals surface area contributed by atoms with Gasteiger partial charge in [-0.25, -0.2) is 0 Å². The Labute approximate surface area is 446 Å². The van der Waals surface area contributed by atoms with Crippen LogP contribution >= 0.6 is 11.8 Å². The van der Waals surface area contributed by atoms with Crippen molar-refractivity contribution >= 4 is 34.2 Å². The number of unbranched alkanes of at least 4 members (excludes halogenated alkanes) is 10. The lowest BCUT2D eigenvalue weighted by molar-refractivity contribution is -0.258. The average molecular weight is 1030 g/mol. The van der Waals surface area contributed by atoms with Gasteiger partial charge >= 0.3 is 0 Å². The lowest BCUT2D eigenvalue weighted by Gasteiger charge is -2.60. The van der Waals surface area contributed by atoms with E-state index in [0.717, 1.165) is 115 Å². The Morgan fingerprint density at radius 3 is 2.39 bits per heavy atom. The van der Waals surface area contributed by atoms with Crippen molar-refractivity contribution in [1.82, 2.24) is 4.90 Å². The molecule has 2 fully saturated rings. The Hall–Kier alpha value is -4.65. The number of allylic oxidation sites excluding steroid dienone is 1. The first kappa shape index (κ1) is 55.6. The first-order valence-electron chi connectivity index (χ1n) is 28.4. The van der Waals surface area contributed by atoms with E-state index in [9.17, 15) is 10.2 Å². The minimum absolute atomic E-state index is 0.0658. The van der Waals surface area contributed by atoms with Crippen molar-refractivity contribution in [2.45, 2.75) is 171 Å². The SMILES string of the molecule is C=CCOC12Oc3ccc(OCCSc4ccccc4)cc3C3C(CCCCO)C(CCCCO)C=C(C(=NOC4CCCCO4)CC1N(Cc1cccc4ccccc14)C(=O)CCCCCCCCCCC)C32. The van der Waals surface area contributed by atoms with Crippen molar-refractivity contribution in [2.75, 3.05) is 38.8 Å². The summed E-state index contributed by atoms with van der Waals surface area (Å²) in [7, 11) is 0. The number of carbonyl (C=O) groups is 1. The summed E-state index contributed by atoms with van der Waals surface area (Å²) in [4.78, 5) is 25.4. The van der Waals surface area contributed by atoms with Crippen LogP contribution in [-0.4, -0.2) is 83.6 Å². The zero-order chi connectivity index (χ0) is 51.4. The molecule has 10 nitrogen and oxygen atoms in total. The fraction of sp³-hybridized carbons (Fsp3) is 0.556. The molecule has 4 aliphatic rings. The summed E-state index contributed by atoms with van der Waals surface area (Å²) in [6.45, 7) is 8.38. The molecule has 2 aliphatic heterocycles. The van der Waals surface area contributed by atoms with Crippen molar-refractivity contribution in [1.29, 1.82) is 0 Å². The molecule has 4 aromatic rings. The van der Waals surface area contributed by atoms with Crippen molar-refractivity contribution in [3.8, 4) is 11.5 Å². The maximum Gasteiger partial charge on any atom is 0.239 e. The van der Waals surface area contributed by atoms with Gasteiger partial charge in [0.2, 0.25) is 18.0 Å². The van der Waals surface area contributed by atoms with E-state index in [1.165, 1.54) is 43.4 Å². The second-order valence-corrected chi connectivity index (χ2v) is 22.1. The topological polar surface area (TPSA) is 119 Å². The van der Waals surface area contributed by atoms with Crippen LogP contribution in [0.25, 0.3) is 10.8 Å². The Bertz CT molecular complexity index is 2420. The highest BCUT2D eigenvalue weighted by Crippen LogP contribution is 2.62. The maximum atomic E-state index is 15.6. The molecule has 1 amide bonds. The number of carbonyl (C=O) groups excluding carboxylic acids is 1. The summed E-state index contributed by atoms with van der Waals surface area (Å²) in [6.07, 6.45) is 22.5. The van der Waals surface area contributed by atoms with E-state index in [0.29, 0.717) is 45.4 Å². The van der Waals surface area contributed by atoms with Crippen LogP contribution in [0.3, 0.4) is 0 Å². The number of aliphatic hydroxyl groups is 2. The van der Waals surface area contributed by atoms with E-state index in [1.54, 1.807) is 17.8 Å². The Morgan fingerprint density at radius 1 is 0.865 bits per heavy atom. The second kappa shape index (κ2) is 29.0. The van der Waals surface area contributed by atoms with E-state index in [1.807, 2.05) is 12.1 Å². The molecule has 1 saturated carbocycles. The molecule has 400 valence electrons. The van der Waals surface area contributed by atoms with Crippen LogP contribution in [-0.2, 0) is 25.7 Å². The van der Waals surface area contributed by atoms with Crippen LogP contribution in [0.5, 0.6) is 11.5 Å². The molecule has 0 bridgehead atoms. The number of fused-ring (bicyclic) bond motifs is 3. The van der Waals surface area contributed by atoms with Crippen LogP contribution in [0.1, 0.15) is 152 Å². The molecule has 8 rings (SSSR count). The molecular weight excluding hydrogens is 945 g/mol. The molecule has 7 unspecified atom stereocenters. The highest BCUT2D eigenvalue weighted by Gasteiger charge is 2.65.